The van der Waals surface area contributed by atoms with Gasteiger partial charge >= 0.3 is 0 Å². The summed E-state index contributed by atoms with van der Waals surface area (Å²) in [5, 5.41) is 0. The van der Waals surface area contributed by atoms with Crippen molar-refractivity contribution in [1.82, 2.24) is 0 Å². The maximum absolute atomic E-state index is 11.3. The van der Waals surface area contributed by atoms with Crippen LogP contribution in [0.4, 0.5) is 0 Å². The molecule has 0 aromatic heterocycles. The van der Waals surface area contributed by atoms with Crippen LogP contribution in [0.2, 0.25) is 0 Å². The van der Waals surface area contributed by atoms with E-state index in [9.17, 15) is 4.79 Å². The molecule has 1 aliphatic rings. The summed E-state index contributed by atoms with van der Waals surface area (Å²) >= 11 is 0. The second-order valence-electron chi connectivity index (χ2n) is 3.38. The summed E-state index contributed by atoms with van der Waals surface area (Å²) in [7, 11) is 0. The van der Waals surface area contributed by atoms with Gasteiger partial charge in [-0.1, -0.05) is 31.2 Å². The first-order chi connectivity index (χ1) is 7.20. The molecule has 1 unspecified atom stereocenters. The average Bonchev–Trinajstić information content (AvgIpc) is 2.58. The molecule has 0 saturated carbocycles. The van der Waals surface area contributed by atoms with Crippen LogP contribution in [-0.2, 0) is 16.0 Å². The highest BCUT2D eigenvalue weighted by atomic mass is 16.5. The van der Waals surface area contributed by atoms with E-state index in [0.29, 0.717) is 0 Å². The molecule has 4 nitrogen and oxygen atoms in total. The summed E-state index contributed by atoms with van der Waals surface area (Å²) < 4.78 is 5.11. The SMILES string of the molecule is CCc1ccc(C2OC(N)=NC2=O)cc1. The molecular weight excluding hydrogens is 192 g/mol. The molecule has 0 bridgehead atoms. The summed E-state index contributed by atoms with van der Waals surface area (Å²) in [5.74, 6) is -0.336. The average molecular weight is 204 g/mol. The van der Waals surface area contributed by atoms with Gasteiger partial charge in [-0.05, 0) is 12.0 Å². The number of amides is 1. The van der Waals surface area contributed by atoms with Gasteiger partial charge in [0.2, 0.25) is 6.10 Å². The number of aliphatic imine (C=N–C) groups is 1. The summed E-state index contributed by atoms with van der Waals surface area (Å²) in [4.78, 5) is 14.9. The smallest absolute Gasteiger partial charge is 0.296 e. The quantitative estimate of drug-likeness (QED) is 0.786. The second-order valence-corrected chi connectivity index (χ2v) is 3.38. The topological polar surface area (TPSA) is 64.7 Å². The number of aryl methyl sites for hydroxylation is 1. The maximum atomic E-state index is 11.3. The zero-order chi connectivity index (χ0) is 10.8. The largest absolute Gasteiger partial charge is 0.447 e. The van der Waals surface area contributed by atoms with E-state index in [0.717, 1.165) is 12.0 Å². The van der Waals surface area contributed by atoms with Crippen molar-refractivity contribution in [3.8, 4) is 0 Å². The number of amidine groups is 1. The molecule has 1 aliphatic heterocycles. The van der Waals surface area contributed by atoms with Crippen LogP contribution in [0.25, 0.3) is 0 Å². The predicted molar refractivity (Wildman–Crippen MR) is 56.3 cm³/mol. The Morgan fingerprint density at radius 1 is 1.40 bits per heavy atom. The lowest BCUT2D eigenvalue weighted by Crippen LogP contribution is -2.13. The number of benzene rings is 1. The van der Waals surface area contributed by atoms with Gasteiger partial charge < -0.3 is 10.5 Å². The van der Waals surface area contributed by atoms with Crippen molar-refractivity contribution in [2.24, 2.45) is 10.7 Å². The van der Waals surface area contributed by atoms with Crippen LogP contribution in [0, 0.1) is 0 Å². The van der Waals surface area contributed by atoms with Crippen LogP contribution in [0.3, 0.4) is 0 Å². The molecule has 1 aromatic carbocycles. The number of nitrogens with zero attached hydrogens (tertiary/aromatic N) is 1. The summed E-state index contributed by atoms with van der Waals surface area (Å²) in [6, 6.07) is 7.64. The van der Waals surface area contributed by atoms with Crippen LogP contribution in [0.5, 0.6) is 0 Å². The molecule has 2 N–H and O–H groups in total. The number of nitrogens with two attached hydrogens (primary N) is 1. The van der Waals surface area contributed by atoms with Gasteiger partial charge in [-0.3, -0.25) is 4.79 Å². The zero-order valence-corrected chi connectivity index (χ0v) is 8.43. The number of carbonyl (C=O) groups excluding carboxylic acids is 1. The van der Waals surface area contributed by atoms with Crippen molar-refractivity contribution in [2.75, 3.05) is 0 Å². The van der Waals surface area contributed by atoms with Gasteiger partial charge in [0, 0.05) is 5.56 Å². The Labute approximate surface area is 87.8 Å². The Morgan fingerprint density at radius 2 is 2.07 bits per heavy atom. The maximum Gasteiger partial charge on any atom is 0.296 e. The number of rotatable bonds is 2. The van der Waals surface area contributed by atoms with Gasteiger partial charge in [0.25, 0.3) is 11.9 Å². The van der Waals surface area contributed by atoms with E-state index < -0.39 is 6.10 Å². The number of carbonyl (C=O) groups is 1. The molecule has 78 valence electrons. The first kappa shape index (κ1) is 9.71. The van der Waals surface area contributed by atoms with Gasteiger partial charge in [-0.2, -0.15) is 4.99 Å². The van der Waals surface area contributed by atoms with Crippen LogP contribution >= 0.6 is 0 Å². The van der Waals surface area contributed by atoms with Crippen LogP contribution in [0.1, 0.15) is 24.2 Å². The van der Waals surface area contributed by atoms with E-state index in [2.05, 4.69) is 11.9 Å². The number of ether oxygens (including phenoxy) is 1. The first-order valence-corrected chi connectivity index (χ1v) is 4.84. The van der Waals surface area contributed by atoms with Gasteiger partial charge in [-0.25, -0.2) is 0 Å². The minimum absolute atomic E-state index is 0.0513. The van der Waals surface area contributed by atoms with Crippen LogP contribution in [0.15, 0.2) is 29.3 Å². The molecule has 0 spiro atoms. The normalized spacial score (nSPS) is 19.9. The molecule has 15 heavy (non-hydrogen) atoms. The summed E-state index contributed by atoms with van der Waals surface area (Å²) in [6.45, 7) is 2.08. The zero-order valence-electron chi connectivity index (χ0n) is 8.43. The van der Waals surface area contributed by atoms with Crippen LogP contribution < -0.4 is 5.73 Å². The molecule has 0 fully saturated rings. The Morgan fingerprint density at radius 3 is 2.53 bits per heavy atom. The lowest BCUT2D eigenvalue weighted by Gasteiger charge is -2.08. The van der Waals surface area contributed by atoms with E-state index in [1.54, 1.807) is 0 Å². The fourth-order valence-electron chi connectivity index (χ4n) is 1.50. The Hall–Kier alpha value is -1.84. The standard InChI is InChI=1S/C11H12N2O2/c1-2-7-3-5-8(6-4-7)9-10(14)13-11(12)15-9/h3-6,9H,2H2,1H3,(H2,12,13,14). The van der Waals surface area contributed by atoms with E-state index >= 15 is 0 Å². The van der Waals surface area contributed by atoms with E-state index in [4.69, 9.17) is 10.5 Å². The van der Waals surface area contributed by atoms with Crippen molar-refractivity contribution in [3.63, 3.8) is 0 Å². The molecule has 1 heterocycles. The van der Waals surface area contributed by atoms with Gasteiger partial charge in [0.15, 0.2) is 0 Å². The predicted octanol–water partition coefficient (Wildman–Crippen LogP) is 1.16. The molecule has 2 rings (SSSR count). The summed E-state index contributed by atoms with van der Waals surface area (Å²) in [6.07, 6.45) is 0.314. The fraction of sp³-hybridized carbons (Fsp3) is 0.273. The highest BCUT2D eigenvalue weighted by Gasteiger charge is 2.28. The van der Waals surface area contributed by atoms with Crippen molar-refractivity contribution in [1.29, 1.82) is 0 Å². The van der Waals surface area contributed by atoms with E-state index in [1.165, 1.54) is 5.56 Å². The monoisotopic (exact) mass is 204 g/mol. The molecular formula is C11H12N2O2. The minimum atomic E-state index is -0.657. The third-order valence-corrected chi connectivity index (χ3v) is 2.37. The number of hydrogen-bond donors (Lipinski definition) is 1. The Bertz CT molecular complexity index is 409. The Balaban J connectivity index is 2.21. The highest BCUT2D eigenvalue weighted by Crippen LogP contribution is 2.23. The first-order valence-electron chi connectivity index (χ1n) is 4.84. The summed E-state index contributed by atoms with van der Waals surface area (Å²) in [5.41, 5.74) is 7.33. The molecule has 1 amide bonds. The van der Waals surface area contributed by atoms with Crippen molar-refractivity contribution in [2.45, 2.75) is 19.4 Å². The fourth-order valence-corrected chi connectivity index (χ4v) is 1.50. The van der Waals surface area contributed by atoms with Crippen LogP contribution in [-0.4, -0.2) is 11.9 Å². The third kappa shape index (κ3) is 1.83. The number of hydrogen-bond acceptors (Lipinski definition) is 3. The van der Waals surface area contributed by atoms with E-state index in [1.807, 2.05) is 24.3 Å². The lowest BCUT2D eigenvalue weighted by molar-refractivity contribution is -0.122. The van der Waals surface area contributed by atoms with Crippen molar-refractivity contribution in [3.05, 3.63) is 35.4 Å². The molecule has 1 atom stereocenters. The Kier molecular flexibility index (Phi) is 2.41. The van der Waals surface area contributed by atoms with Crippen molar-refractivity contribution < 1.29 is 9.53 Å². The molecule has 4 heteroatoms. The van der Waals surface area contributed by atoms with Crippen molar-refractivity contribution >= 4 is 11.9 Å². The molecule has 1 aromatic rings. The van der Waals surface area contributed by atoms with Gasteiger partial charge in [-0.15, -0.1) is 0 Å². The lowest BCUT2D eigenvalue weighted by atomic mass is 10.1. The second kappa shape index (κ2) is 3.73. The van der Waals surface area contributed by atoms with Gasteiger partial charge in [0.1, 0.15) is 0 Å². The third-order valence-electron chi connectivity index (χ3n) is 2.37. The molecule has 0 aliphatic carbocycles. The van der Waals surface area contributed by atoms with E-state index in [-0.39, 0.29) is 11.9 Å². The highest BCUT2D eigenvalue weighted by molar-refractivity contribution is 5.98. The van der Waals surface area contributed by atoms with Gasteiger partial charge in [0.05, 0.1) is 0 Å². The molecule has 0 saturated heterocycles. The molecule has 0 radical (unpaired) electrons. The minimum Gasteiger partial charge on any atom is -0.447 e.